The molecule has 0 fully saturated rings. The number of hydrogen-bond donors (Lipinski definition) is 1. The van der Waals surface area contributed by atoms with E-state index in [2.05, 4.69) is 0 Å². The predicted octanol–water partition coefficient (Wildman–Crippen LogP) is 1.56. The Labute approximate surface area is 110 Å². The highest BCUT2D eigenvalue weighted by atomic mass is 35.5. The average molecular weight is 276 g/mol. The van der Waals surface area contributed by atoms with Crippen molar-refractivity contribution in [1.82, 2.24) is 4.90 Å². The summed E-state index contributed by atoms with van der Waals surface area (Å²) in [5.41, 5.74) is -0.105. The van der Waals surface area contributed by atoms with Gasteiger partial charge in [0, 0.05) is 20.2 Å². The molecule has 0 radical (unpaired) electrons. The third kappa shape index (κ3) is 3.66. The van der Waals surface area contributed by atoms with Crippen LogP contribution in [0.4, 0.5) is 4.39 Å². The van der Waals surface area contributed by atoms with Crippen LogP contribution in [0, 0.1) is 5.82 Å². The number of halogens is 2. The summed E-state index contributed by atoms with van der Waals surface area (Å²) in [6, 6.07) is 4.24. The maximum atomic E-state index is 13.7. The Morgan fingerprint density at radius 3 is 2.83 bits per heavy atom. The molecule has 0 spiro atoms. The zero-order chi connectivity index (χ0) is 13.5. The van der Waals surface area contributed by atoms with Crippen LogP contribution in [0.2, 0.25) is 5.02 Å². The van der Waals surface area contributed by atoms with Crippen LogP contribution >= 0.6 is 11.6 Å². The second-order valence-corrected chi connectivity index (χ2v) is 4.02. The summed E-state index contributed by atoms with van der Waals surface area (Å²) < 4.78 is 18.6. The SMILES string of the molecule is COCCN(CCO)C(=O)c1cccc(Cl)c1F. The molecule has 0 unspecified atom stereocenters. The number of aliphatic hydroxyl groups excluding tert-OH is 1. The van der Waals surface area contributed by atoms with E-state index < -0.39 is 11.7 Å². The normalized spacial score (nSPS) is 10.4. The Balaban J connectivity index is 2.90. The molecule has 0 aliphatic rings. The van der Waals surface area contributed by atoms with Gasteiger partial charge in [0.25, 0.3) is 5.91 Å². The van der Waals surface area contributed by atoms with Gasteiger partial charge in [-0.2, -0.15) is 0 Å². The molecule has 0 heterocycles. The van der Waals surface area contributed by atoms with E-state index in [4.69, 9.17) is 21.4 Å². The minimum atomic E-state index is -0.746. The highest BCUT2D eigenvalue weighted by molar-refractivity contribution is 6.31. The van der Waals surface area contributed by atoms with Gasteiger partial charge in [0.15, 0.2) is 5.82 Å². The van der Waals surface area contributed by atoms with E-state index >= 15 is 0 Å². The molecule has 4 nitrogen and oxygen atoms in total. The molecule has 0 atom stereocenters. The van der Waals surface area contributed by atoms with Crippen molar-refractivity contribution in [2.45, 2.75) is 0 Å². The number of aliphatic hydroxyl groups is 1. The smallest absolute Gasteiger partial charge is 0.257 e. The van der Waals surface area contributed by atoms with E-state index in [1.807, 2.05) is 0 Å². The van der Waals surface area contributed by atoms with Crippen molar-refractivity contribution in [2.75, 3.05) is 33.4 Å². The standard InChI is InChI=1S/C12H15ClFNO3/c1-18-8-6-15(5-7-16)12(17)9-3-2-4-10(13)11(9)14/h2-4,16H,5-8H2,1H3. The molecule has 1 amide bonds. The predicted molar refractivity (Wildman–Crippen MR) is 66.3 cm³/mol. The van der Waals surface area contributed by atoms with Crippen molar-refractivity contribution < 1.29 is 19.0 Å². The topological polar surface area (TPSA) is 49.8 Å². The maximum absolute atomic E-state index is 13.7. The zero-order valence-electron chi connectivity index (χ0n) is 10.0. The lowest BCUT2D eigenvalue weighted by Crippen LogP contribution is -2.36. The summed E-state index contributed by atoms with van der Waals surface area (Å²) >= 11 is 5.62. The van der Waals surface area contributed by atoms with Crippen LogP contribution in [0.15, 0.2) is 18.2 Å². The lowest BCUT2D eigenvalue weighted by Gasteiger charge is -2.21. The van der Waals surface area contributed by atoms with Crippen LogP contribution in [0.5, 0.6) is 0 Å². The molecule has 0 aliphatic carbocycles. The number of amides is 1. The van der Waals surface area contributed by atoms with Crippen LogP contribution in [0.1, 0.15) is 10.4 Å². The number of methoxy groups -OCH3 is 1. The van der Waals surface area contributed by atoms with Gasteiger partial charge in [-0.1, -0.05) is 17.7 Å². The highest BCUT2D eigenvalue weighted by Crippen LogP contribution is 2.19. The van der Waals surface area contributed by atoms with Crippen molar-refractivity contribution in [3.8, 4) is 0 Å². The fourth-order valence-electron chi connectivity index (χ4n) is 1.48. The Morgan fingerprint density at radius 2 is 2.22 bits per heavy atom. The van der Waals surface area contributed by atoms with Crippen LogP contribution < -0.4 is 0 Å². The second kappa shape index (κ2) is 7.31. The molecule has 0 saturated heterocycles. The lowest BCUT2D eigenvalue weighted by atomic mass is 10.2. The summed E-state index contributed by atoms with van der Waals surface area (Å²) in [5.74, 6) is -1.26. The Bertz CT molecular complexity index is 414. The molecule has 6 heteroatoms. The van der Waals surface area contributed by atoms with E-state index in [9.17, 15) is 9.18 Å². The van der Waals surface area contributed by atoms with E-state index in [1.54, 1.807) is 0 Å². The number of nitrogens with zero attached hydrogens (tertiary/aromatic N) is 1. The van der Waals surface area contributed by atoms with E-state index in [-0.39, 0.29) is 30.3 Å². The number of hydrogen-bond acceptors (Lipinski definition) is 3. The number of ether oxygens (including phenoxy) is 1. The Morgan fingerprint density at radius 1 is 1.50 bits per heavy atom. The third-order valence-electron chi connectivity index (χ3n) is 2.40. The molecule has 18 heavy (non-hydrogen) atoms. The molecule has 1 N–H and O–H groups in total. The molecule has 0 aromatic heterocycles. The summed E-state index contributed by atoms with van der Waals surface area (Å²) in [6.07, 6.45) is 0. The third-order valence-corrected chi connectivity index (χ3v) is 2.70. The zero-order valence-corrected chi connectivity index (χ0v) is 10.8. The fourth-order valence-corrected chi connectivity index (χ4v) is 1.65. The van der Waals surface area contributed by atoms with Crippen molar-refractivity contribution in [3.63, 3.8) is 0 Å². The van der Waals surface area contributed by atoms with Gasteiger partial charge in [-0.15, -0.1) is 0 Å². The summed E-state index contributed by atoms with van der Waals surface area (Å²) in [4.78, 5) is 13.4. The van der Waals surface area contributed by atoms with Gasteiger partial charge in [0.1, 0.15) is 0 Å². The van der Waals surface area contributed by atoms with Crippen molar-refractivity contribution in [2.24, 2.45) is 0 Å². The first-order valence-corrected chi connectivity index (χ1v) is 5.82. The quantitative estimate of drug-likeness (QED) is 0.857. The van der Waals surface area contributed by atoms with Crippen molar-refractivity contribution in [1.29, 1.82) is 0 Å². The van der Waals surface area contributed by atoms with Gasteiger partial charge in [0.05, 0.1) is 23.8 Å². The van der Waals surface area contributed by atoms with Gasteiger partial charge >= 0.3 is 0 Å². The van der Waals surface area contributed by atoms with E-state index in [0.717, 1.165) is 0 Å². The molecule has 1 rings (SSSR count). The Hall–Kier alpha value is -1.17. The minimum Gasteiger partial charge on any atom is -0.395 e. The molecule has 0 bridgehead atoms. The van der Waals surface area contributed by atoms with Gasteiger partial charge in [-0.3, -0.25) is 4.79 Å². The van der Waals surface area contributed by atoms with Crippen molar-refractivity contribution in [3.05, 3.63) is 34.6 Å². The number of rotatable bonds is 6. The summed E-state index contributed by atoms with van der Waals surface area (Å²) in [7, 11) is 1.50. The molecule has 0 aliphatic heterocycles. The average Bonchev–Trinajstić information content (AvgIpc) is 2.37. The fraction of sp³-hybridized carbons (Fsp3) is 0.417. The molecule has 1 aromatic carbocycles. The second-order valence-electron chi connectivity index (χ2n) is 3.61. The van der Waals surface area contributed by atoms with Gasteiger partial charge in [-0.05, 0) is 12.1 Å². The van der Waals surface area contributed by atoms with Crippen LogP contribution in [-0.4, -0.2) is 49.3 Å². The van der Waals surface area contributed by atoms with E-state index in [0.29, 0.717) is 6.61 Å². The Kier molecular flexibility index (Phi) is 6.04. The summed E-state index contributed by atoms with van der Waals surface area (Å²) in [6.45, 7) is 0.515. The first-order valence-electron chi connectivity index (χ1n) is 5.45. The van der Waals surface area contributed by atoms with Crippen LogP contribution in [0.25, 0.3) is 0 Å². The molecule has 0 saturated carbocycles. The lowest BCUT2D eigenvalue weighted by molar-refractivity contribution is 0.0652. The molecule has 100 valence electrons. The number of benzene rings is 1. The van der Waals surface area contributed by atoms with Crippen LogP contribution in [0.3, 0.4) is 0 Å². The molecular weight excluding hydrogens is 261 g/mol. The molecule has 1 aromatic rings. The minimum absolute atomic E-state index is 0.100. The van der Waals surface area contributed by atoms with Gasteiger partial charge in [-0.25, -0.2) is 4.39 Å². The van der Waals surface area contributed by atoms with Gasteiger partial charge in [0.2, 0.25) is 0 Å². The maximum Gasteiger partial charge on any atom is 0.257 e. The summed E-state index contributed by atoms with van der Waals surface area (Å²) in [5, 5.41) is 8.80. The molecular formula is C12H15ClFNO3. The largest absolute Gasteiger partial charge is 0.395 e. The monoisotopic (exact) mass is 275 g/mol. The number of carbonyl (C=O) groups excluding carboxylic acids is 1. The van der Waals surface area contributed by atoms with E-state index in [1.165, 1.54) is 30.2 Å². The van der Waals surface area contributed by atoms with Crippen LogP contribution in [-0.2, 0) is 4.74 Å². The number of carbonyl (C=O) groups is 1. The first-order chi connectivity index (χ1) is 8.61. The van der Waals surface area contributed by atoms with Gasteiger partial charge < -0.3 is 14.7 Å². The first kappa shape index (κ1) is 14.9. The van der Waals surface area contributed by atoms with Crippen molar-refractivity contribution >= 4 is 17.5 Å². The highest BCUT2D eigenvalue weighted by Gasteiger charge is 2.19.